The molecule has 0 saturated carbocycles. The van der Waals surface area contributed by atoms with Gasteiger partial charge in [-0.05, 0) is 40.1 Å². The van der Waals surface area contributed by atoms with Crippen molar-refractivity contribution in [2.45, 2.75) is 33.4 Å². The maximum absolute atomic E-state index is 12.1. The molecule has 1 aromatic heterocycles. The van der Waals surface area contributed by atoms with Gasteiger partial charge in [-0.2, -0.15) is 0 Å². The Labute approximate surface area is 153 Å². The van der Waals surface area contributed by atoms with Gasteiger partial charge in [-0.25, -0.2) is 0 Å². The van der Waals surface area contributed by atoms with Crippen LogP contribution in [0.4, 0.5) is 0 Å². The number of carbonyl (C=O) groups excluding carboxylic acids is 1. The molecule has 0 spiro atoms. The lowest BCUT2D eigenvalue weighted by molar-refractivity contribution is -0.124. The van der Waals surface area contributed by atoms with Crippen LogP contribution in [-0.2, 0) is 11.3 Å². The first kappa shape index (κ1) is 20.5. The van der Waals surface area contributed by atoms with Crippen LogP contribution >= 0.6 is 23.7 Å². The van der Waals surface area contributed by atoms with Crippen molar-refractivity contribution >= 4 is 29.7 Å². The van der Waals surface area contributed by atoms with Crippen LogP contribution in [0.3, 0.4) is 0 Å². The average molecular weight is 369 g/mol. The number of hydrogen-bond acceptors (Lipinski definition) is 4. The molecule has 1 heterocycles. The summed E-state index contributed by atoms with van der Waals surface area (Å²) in [6, 6.07) is 9.52. The van der Waals surface area contributed by atoms with Crippen LogP contribution < -0.4 is 15.8 Å². The fourth-order valence-electron chi connectivity index (χ4n) is 2.09. The highest BCUT2D eigenvalue weighted by Gasteiger charge is 2.27. The van der Waals surface area contributed by atoms with Gasteiger partial charge < -0.3 is 15.8 Å². The summed E-state index contributed by atoms with van der Waals surface area (Å²) in [5, 5.41) is 5.01. The number of rotatable bonds is 5. The molecule has 0 bridgehead atoms. The zero-order chi connectivity index (χ0) is 17.0. The van der Waals surface area contributed by atoms with E-state index in [2.05, 4.69) is 16.8 Å². The number of nitrogens with two attached hydrogens (primary N) is 1. The Hall–Kier alpha value is -1.56. The summed E-state index contributed by atoms with van der Waals surface area (Å²) in [5.41, 5.74) is 7.99. The summed E-state index contributed by atoms with van der Waals surface area (Å²) in [7, 11) is 1.66. The van der Waals surface area contributed by atoms with E-state index in [0.717, 1.165) is 21.8 Å². The lowest BCUT2D eigenvalue weighted by Gasteiger charge is -2.25. The van der Waals surface area contributed by atoms with Gasteiger partial charge in [0.15, 0.2) is 0 Å². The van der Waals surface area contributed by atoms with E-state index < -0.39 is 6.04 Å². The van der Waals surface area contributed by atoms with Gasteiger partial charge in [-0.15, -0.1) is 23.7 Å². The second kappa shape index (κ2) is 8.51. The number of ether oxygens (including phenoxy) is 1. The Morgan fingerprint density at radius 2 is 1.88 bits per heavy atom. The standard InChI is InChI=1S/C18H24N2O2S.ClH/c1-18(2,3)16(19)17(21)20-10-15-9-13(11-23-15)12-5-7-14(22-4)8-6-12;/h5-9,11,16H,10,19H2,1-4H3,(H,20,21);1H/t16-;/m1./s1. The fraction of sp³-hybridized carbons (Fsp3) is 0.389. The zero-order valence-corrected chi connectivity index (χ0v) is 16.1. The van der Waals surface area contributed by atoms with Gasteiger partial charge in [0.05, 0.1) is 19.7 Å². The number of amides is 1. The monoisotopic (exact) mass is 368 g/mol. The topological polar surface area (TPSA) is 64.3 Å². The van der Waals surface area contributed by atoms with E-state index in [9.17, 15) is 4.79 Å². The first-order valence-electron chi connectivity index (χ1n) is 7.56. The summed E-state index contributed by atoms with van der Waals surface area (Å²) in [6.45, 7) is 6.39. The van der Waals surface area contributed by atoms with Crippen LogP contribution in [0, 0.1) is 5.41 Å². The third-order valence-corrected chi connectivity index (χ3v) is 4.67. The first-order chi connectivity index (χ1) is 10.8. The molecule has 0 aliphatic rings. The van der Waals surface area contributed by atoms with Gasteiger partial charge in [0.25, 0.3) is 0 Å². The van der Waals surface area contributed by atoms with Crippen molar-refractivity contribution in [3.05, 3.63) is 40.6 Å². The summed E-state index contributed by atoms with van der Waals surface area (Å²) in [6.07, 6.45) is 0. The maximum Gasteiger partial charge on any atom is 0.237 e. The van der Waals surface area contributed by atoms with Gasteiger partial charge in [-0.1, -0.05) is 32.9 Å². The van der Waals surface area contributed by atoms with Crippen molar-refractivity contribution in [3.63, 3.8) is 0 Å². The Morgan fingerprint density at radius 1 is 1.25 bits per heavy atom. The number of benzene rings is 1. The summed E-state index contributed by atoms with van der Waals surface area (Å²) in [5.74, 6) is 0.726. The van der Waals surface area contributed by atoms with Crippen molar-refractivity contribution in [3.8, 4) is 16.9 Å². The van der Waals surface area contributed by atoms with E-state index in [1.807, 2.05) is 45.0 Å². The Kier molecular flexibility index (Phi) is 7.27. The van der Waals surface area contributed by atoms with Crippen molar-refractivity contribution in [2.75, 3.05) is 7.11 Å². The Balaban J connectivity index is 0.00000288. The van der Waals surface area contributed by atoms with Gasteiger partial charge in [-0.3, -0.25) is 4.79 Å². The molecule has 4 nitrogen and oxygen atoms in total. The second-order valence-electron chi connectivity index (χ2n) is 6.59. The van der Waals surface area contributed by atoms with E-state index >= 15 is 0 Å². The predicted molar refractivity (Wildman–Crippen MR) is 103 cm³/mol. The highest BCUT2D eigenvalue weighted by molar-refractivity contribution is 7.10. The number of nitrogens with one attached hydrogen (secondary N) is 1. The minimum Gasteiger partial charge on any atom is -0.497 e. The SMILES string of the molecule is COc1ccc(-c2csc(CNC(=O)[C@@H](N)C(C)(C)C)c2)cc1.Cl. The van der Waals surface area contributed by atoms with Crippen LogP contribution in [0.25, 0.3) is 11.1 Å². The van der Waals surface area contributed by atoms with Crippen molar-refractivity contribution < 1.29 is 9.53 Å². The Bertz CT molecular complexity index is 662. The summed E-state index contributed by atoms with van der Waals surface area (Å²) < 4.78 is 5.17. The quantitative estimate of drug-likeness (QED) is 0.842. The summed E-state index contributed by atoms with van der Waals surface area (Å²) in [4.78, 5) is 13.2. The summed E-state index contributed by atoms with van der Waals surface area (Å²) >= 11 is 1.63. The molecule has 2 aromatic rings. The molecule has 0 saturated heterocycles. The lowest BCUT2D eigenvalue weighted by atomic mass is 9.87. The van der Waals surface area contributed by atoms with Crippen LogP contribution in [0.15, 0.2) is 35.7 Å². The van der Waals surface area contributed by atoms with Gasteiger partial charge in [0.2, 0.25) is 5.91 Å². The van der Waals surface area contributed by atoms with Crippen LogP contribution in [-0.4, -0.2) is 19.1 Å². The number of hydrogen-bond donors (Lipinski definition) is 2. The molecular formula is C18H25ClN2O2S. The molecular weight excluding hydrogens is 344 g/mol. The van der Waals surface area contributed by atoms with Crippen LogP contribution in [0.1, 0.15) is 25.6 Å². The molecule has 3 N–H and O–H groups in total. The van der Waals surface area contributed by atoms with E-state index in [1.165, 1.54) is 0 Å². The molecule has 1 amide bonds. The smallest absolute Gasteiger partial charge is 0.237 e. The van der Waals surface area contributed by atoms with Crippen LogP contribution in [0.2, 0.25) is 0 Å². The van der Waals surface area contributed by atoms with E-state index in [4.69, 9.17) is 10.5 Å². The van der Waals surface area contributed by atoms with Gasteiger partial charge in [0.1, 0.15) is 5.75 Å². The maximum atomic E-state index is 12.1. The lowest BCUT2D eigenvalue weighted by Crippen LogP contribution is -2.48. The molecule has 132 valence electrons. The van der Waals surface area contributed by atoms with Crippen molar-refractivity contribution in [1.82, 2.24) is 5.32 Å². The highest BCUT2D eigenvalue weighted by Crippen LogP contribution is 2.27. The minimum absolute atomic E-state index is 0. The highest BCUT2D eigenvalue weighted by atomic mass is 35.5. The van der Waals surface area contributed by atoms with E-state index in [0.29, 0.717) is 6.54 Å². The third-order valence-electron chi connectivity index (χ3n) is 3.73. The molecule has 2 rings (SSSR count). The van der Waals surface area contributed by atoms with Crippen molar-refractivity contribution in [1.29, 1.82) is 0 Å². The van der Waals surface area contributed by atoms with Crippen LogP contribution in [0.5, 0.6) is 5.75 Å². The number of carbonyl (C=O) groups is 1. The van der Waals surface area contributed by atoms with Crippen molar-refractivity contribution in [2.24, 2.45) is 11.1 Å². The fourth-order valence-corrected chi connectivity index (χ4v) is 2.92. The largest absolute Gasteiger partial charge is 0.497 e. The number of thiophene rings is 1. The molecule has 1 aromatic carbocycles. The predicted octanol–water partition coefficient (Wildman–Crippen LogP) is 3.84. The molecule has 0 unspecified atom stereocenters. The van der Waals surface area contributed by atoms with E-state index in [-0.39, 0.29) is 23.7 Å². The molecule has 0 fully saturated rings. The molecule has 1 atom stereocenters. The van der Waals surface area contributed by atoms with Gasteiger partial charge in [0, 0.05) is 4.88 Å². The first-order valence-corrected chi connectivity index (χ1v) is 8.44. The van der Waals surface area contributed by atoms with E-state index in [1.54, 1.807) is 18.4 Å². The molecule has 0 aliphatic carbocycles. The molecule has 0 radical (unpaired) electrons. The van der Waals surface area contributed by atoms with Gasteiger partial charge >= 0.3 is 0 Å². The molecule has 24 heavy (non-hydrogen) atoms. The number of halogens is 1. The average Bonchev–Trinajstić information content (AvgIpc) is 3.00. The third kappa shape index (κ3) is 5.23. The number of methoxy groups -OCH3 is 1. The Morgan fingerprint density at radius 3 is 2.42 bits per heavy atom. The minimum atomic E-state index is -0.511. The molecule has 0 aliphatic heterocycles. The zero-order valence-electron chi connectivity index (χ0n) is 14.5. The molecule has 6 heteroatoms. The second-order valence-corrected chi connectivity index (χ2v) is 7.59. The normalized spacial score (nSPS) is 12.2.